The summed E-state index contributed by atoms with van der Waals surface area (Å²) in [5, 5.41) is 8.97. The Morgan fingerprint density at radius 2 is 2.00 bits per heavy atom. The normalized spacial score (nSPS) is 12.6. The van der Waals surface area contributed by atoms with Gasteiger partial charge in [0.25, 0.3) is 0 Å². The van der Waals surface area contributed by atoms with Crippen LogP contribution >= 0.6 is 0 Å². The zero-order valence-corrected chi connectivity index (χ0v) is 8.87. The number of methoxy groups -OCH3 is 1. The average molecular weight is 195 g/mol. The molecule has 0 saturated heterocycles. The highest BCUT2D eigenvalue weighted by atomic mass is 16.5. The molecule has 1 aromatic rings. The lowest BCUT2D eigenvalue weighted by atomic mass is 9.97. The van der Waals surface area contributed by atoms with Gasteiger partial charge in [-0.2, -0.15) is 0 Å². The van der Waals surface area contributed by atoms with E-state index in [1.54, 1.807) is 7.11 Å². The molecule has 1 rings (SSSR count). The number of nitrogens with two attached hydrogens (primary N) is 1. The number of ether oxygens (including phenoxy) is 1. The molecular formula is C11H17NO2. The Bertz CT molecular complexity index is 323. The summed E-state index contributed by atoms with van der Waals surface area (Å²) in [6, 6.07) is 3.48. The van der Waals surface area contributed by atoms with Crippen molar-refractivity contribution in [2.24, 2.45) is 5.73 Å². The Morgan fingerprint density at radius 1 is 1.36 bits per heavy atom. The minimum absolute atomic E-state index is 0.0351. The average Bonchev–Trinajstić information content (AvgIpc) is 2.21. The van der Waals surface area contributed by atoms with Crippen molar-refractivity contribution in [1.82, 2.24) is 0 Å². The number of aliphatic hydroxyl groups excluding tert-OH is 1. The summed E-state index contributed by atoms with van der Waals surface area (Å²) in [6.07, 6.45) is 0. The standard InChI is InChI=1S/C11H17NO2/c1-7-8(2)11(14-3)5-4-9(7)10(12)6-13/h4-5,10,13H,6,12H2,1-3H3/t10-/m0/s1. The first kappa shape index (κ1) is 11.0. The van der Waals surface area contributed by atoms with Gasteiger partial charge in [-0.3, -0.25) is 0 Å². The van der Waals surface area contributed by atoms with Crippen LogP contribution in [-0.4, -0.2) is 18.8 Å². The second-order valence-electron chi connectivity index (χ2n) is 3.40. The summed E-state index contributed by atoms with van der Waals surface area (Å²) in [6.45, 7) is 3.94. The van der Waals surface area contributed by atoms with Crippen LogP contribution in [0.2, 0.25) is 0 Å². The van der Waals surface area contributed by atoms with Crippen molar-refractivity contribution in [3.8, 4) is 5.75 Å². The minimum Gasteiger partial charge on any atom is -0.496 e. The Hall–Kier alpha value is -1.06. The predicted octanol–water partition coefficient (Wildman–Crippen LogP) is 1.30. The summed E-state index contributed by atoms with van der Waals surface area (Å²) in [4.78, 5) is 0. The van der Waals surface area contributed by atoms with Crippen LogP contribution in [0.5, 0.6) is 5.75 Å². The van der Waals surface area contributed by atoms with Crippen molar-refractivity contribution in [1.29, 1.82) is 0 Å². The highest BCUT2D eigenvalue weighted by molar-refractivity contribution is 5.44. The van der Waals surface area contributed by atoms with Crippen molar-refractivity contribution in [2.45, 2.75) is 19.9 Å². The molecule has 0 amide bonds. The largest absolute Gasteiger partial charge is 0.496 e. The highest BCUT2D eigenvalue weighted by Crippen LogP contribution is 2.26. The van der Waals surface area contributed by atoms with Gasteiger partial charge in [0, 0.05) is 0 Å². The molecule has 0 aliphatic heterocycles. The first-order valence-electron chi connectivity index (χ1n) is 4.62. The van der Waals surface area contributed by atoms with Gasteiger partial charge < -0.3 is 15.6 Å². The van der Waals surface area contributed by atoms with Crippen LogP contribution in [0.3, 0.4) is 0 Å². The van der Waals surface area contributed by atoms with E-state index in [2.05, 4.69) is 0 Å². The van der Waals surface area contributed by atoms with E-state index in [0.29, 0.717) is 0 Å². The van der Waals surface area contributed by atoms with Crippen molar-refractivity contribution in [2.75, 3.05) is 13.7 Å². The first-order chi connectivity index (χ1) is 6.61. The molecule has 0 aliphatic carbocycles. The van der Waals surface area contributed by atoms with Crippen LogP contribution in [0.15, 0.2) is 12.1 Å². The van der Waals surface area contributed by atoms with E-state index < -0.39 is 0 Å². The van der Waals surface area contributed by atoms with Crippen molar-refractivity contribution < 1.29 is 9.84 Å². The summed E-state index contributed by atoms with van der Waals surface area (Å²) >= 11 is 0. The smallest absolute Gasteiger partial charge is 0.122 e. The Balaban J connectivity index is 3.17. The molecule has 0 radical (unpaired) electrons. The van der Waals surface area contributed by atoms with E-state index >= 15 is 0 Å². The SMILES string of the molecule is COc1ccc([C@@H](N)CO)c(C)c1C. The second kappa shape index (κ2) is 4.44. The molecule has 0 heterocycles. The Morgan fingerprint density at radius 3 is 2.50 bits per heavy atom. The van der Waals surface area contributed by atoms with Crippen LogP contribution in [0.25, 0.3) is 0 Å². The maximum atomic E-state index is 8.97. The molecule has 0 bridgehead atoms. The Labute approximate surface area is 84.5 Å². The van der Waals surface area contributed by atoms with E-state index in [9.17, 15) is 0 Å². The maximum Gasteiger partial charge on any atom is 0.122 e. The summed E-state index contributed by atoms with van der Waals surface area (Å²) in [5.41, 5.74) is 8.91. The first-order valence-corrected chi connectivity index (χ1v) is 4.62. The highest BCUT2D eigenvalue weighted by Gasteiger charge is 2.11. The van der Waals surface area contributed by atoms with E-state index in [1.165, 1.54) is 0 Å². The molecular weight excluding hydrogens is 178 g/mol. The van der Waals surface area contributed by atoms with E-state index in [1.807, 2.05) is 26.0 Å². The molecule has 3 heteroatoms. The zero-order valence-electron chi connectivity index (χ0n) is 8.87. The van der Waals surface area contributed by atoms with Gasteiger partial charge in [-0.15, -0.1) is 0 Å². The fourth-order valence-corrected chi connectivity index (χ4v) is 1.54. The summed E-state index contributed by atoms with van der Waals surface area (Å²) in [5.74, 6) is 0.858. The fourth-order valence-electron chi connectivity index (χ4n) is 1.54. The van der Waals surface area contributed by atoms with Crippen molar-refractivity contribution in [3.63, 3.8) is 0 Å². The third-order valence-electron chi connectivity index (χ3n) is 2.60. The molecule has 3 nitrogen and oxygen atoms in total. The van der Waals surface area contributed by atoms with Gasteiger partial charge in [-0.05, 0) is 36.6 Å². The maximum absolute atomic E-state index is 8.97. The summed E-state index contributed by atoms with van der Waals surface area (Å²) < 4.78 is 5.19. The fraction of sp³-hybridized carbons (Fsp3) is 0.455. The molecule has 0 spiro atoms. The van der Waals surface area contributed by atoms with Crippen LogP contribution < -0.4 is 10.5 Å². The molecule has 78 valence electrons. The number of rotatable bonds is 3. The van der Waals surface area contributed by atoms with Gasteiger partial charge in [-0.1, -0.05) is 6.07 Å². The molecule has 0 saturated carbocycles. The van der Waals surface area contributed by atoms with E-state index in [-0.39, 0.29) is 12.6 Å². The lowest BCUT2D eigenvalue weighted by molar-refractivity contribution is 0.267. The quantitative estimate of drug-likeness (QED) is 0.764. The summed E-state index contributed by atoms with van der Waals surface area (Å²) in [7, 11) is 1.65. The van der Waals surface area contributed by atoms with Crippen molar-refractivity contribution in [3.05, 3.63) is 28.8 Å². The lowest BCUT2D eigenvalue weighted by Gasteiger charge is -2.16. The monoisotopic (exact) mass is 195 g/mol. The molecule has 14 heavy (non-hydrogen) atoms. The Kier molecular flexibility index (Phi) is 3.49. The predicted molar refractivity (Wildman–Crippen MR) is 56.5 cm³/mol. The number of hydrogen-bond donors (Lipinski definition) is 2. The van der Waals surface area contributed by atoms with Gasteiger partial charge in [0.05, 0.1) is 19.8 Å². The molecule has 0 aliphatic rings. The van der Waals surface area contributed by atoms with E-state index in [4.69, 9.17) is 15.6 Å². The van der Waals surface area contributed by atoms with Crippen LogP contribution in [0.1, 0.15) is 22.7 Å². The molecule has 0 unspecified atom stereocenters. The second-order valence-corrected chi connectivity index (χ2v) is 3.40. The van der Waals surface area contributed by atoms with Gasteiger partial charge in [-0.25, -0.2) is 0 Å². The third-order valence-corrected chi connectivity index (χ3v) is 2.60. The number of aliphatic hydroxyl groups is 1. The van der Waals surface area contributed by atoms with Crippen LogP contribution in [0, 0.1) is 13.8 Å². The number of benzene rings is 1. The minimum atomic E-state index is -0.306. The van der Waals surface area contributed by atoms with Gasteiger partial charge in [0.15, 0.2) is 0 Å². The van der Waals surface area contributed by atoms with Crippen LogP contribution in [0.4, 0.5) is 0 Å². The molecule has 0 fully saturated rings. The van der Waals surface area contributed by atoms with E-state index in [0.717, 1.165) is 22.4 Å². The lowest BCUT2D eigenvalue weighted by Crippen LogP contribution is -2.16. The zero-order chi connectivity index (χ0) is 10.7. The molecule has 0 aromatic heterocycles. The molecule has 1 atom stereocenters. The third kappa shape index (κ3) is 1.89. The van der Waals surface area contributed by atoms with Gasteiger partial charge in [0.1, 0.15) is 5.75 Å². The number of hydrogen-bond acceptors (Lipinski definition) is 3. The van der Waals surface area contributed by atoms with Gasteiger partial charge >= 0.3 is 0 Å². The topological polar surface area (TPSA) is 55.5 Å². The van der Waals surface area contributed by atoms with Crippen molar-refractivity contribution >= 4 is 0 Å². The molecule has 3 N–H and O–H groups in total. The van der Waals surface area contributed by atoms with Crippen LogP contribution in [-0.2, 0) is 0 Å². The van der Waals surface area contributed by atoms with Gasteiger partial charge in [0.2, 0.25) is 0 Å². The molecule has 1 aromatic carbocycles.